The molecular formula is C25H26N2O3S. The van der Waals surface area contributed by atoms with Crippen LogP contribution in [0.5, 0.6) is 0 Å². The fourth-order valence-corrected chi connectivity index (χ4v) is 5.66. The Morgan fingerprint density at radius 1 is 0.871 bits per heavy atom. The van der Waals surface area contributed by atoms with Gasteiger partial charge in [-0.2, -0.15) is 4.31 Å². The molecule has 4 rings (SSSR count). The zero-order valence-electron chi connectivity index (χ0n) is 17.9. The van der Waals surface area contributed by atoms with Crippen molar-refractivity contribution in [1.29, 1.82) is 0 Å². The van der Waals surface area contributed by atoms with E-state index in [1.54, 1.807) is 24.3 Å². The molecule has 160 valence electrons. The van der Waals surface area contributed by atoms with Gasteiger partial charge in [0.15, 0.2) is 0 Å². The van der Waals surface area contributed by atoms with Crippen LogP contribution in [0.25, 0.3) is 0 Å². The number of aryl methyl sites for hydroxylation is 3. The zero-order valence-corrected chi connectivity index (χ0v) is 18.7. The van der Waals surface area contributed by atoms with E-state index in [-0.39, 0.29) is 17.3 Å². The molecule has 0 aromatic heterocycles. The highest BCUT2D eigenvalue weighted by atomic mass is 32.2. The second-order valence-electron chi connectivity index (χ2n) is 8.22. The van der Waals surface area contributed by atoms with Gasteiger partial charge in [0, 0.05) is 12.2 Å². The number of rotatable bonds is 4. The van der Waals surface area contributed by atoms with Crippen molar-refractivity contribution >= 4 is 21.6 Å². The van der Waals surface area contributed by atoms with Crippen LogP contribution in [0.3, 0.4) is 0 Å². The molecule has 0 unspecified atom stereocenters. The molecule has 1 heterocycles. The van der Waals surface area contributed by atoms with Crippen LogP contribution in [0.2, 0.25) is 0 Å². The first-order valence-electron chi connectivity index (χ1n) is 10.3. The molecule has 5 nitrogen and oxygen atoms in total. The third kappa shape index (κ3) is 4.40. The molecule has 1 aliphatic heterocycles. The van der Waals surface area contributed by atoms with E-state index >= 15 is 0 Å². The number of benzene rings is 3. The molecule has 0 radical (unpaired) electrons. The van der Waals surface area contributed by atoms with Crippen LogP contribution in [0.15, 0.2) is 71.6 Å². The topological polar surface area (TPSA) is 66.5 Å². The predicted octanol–water partition coefficient (Wildman–Crippen LogP) is 4.37. The number of fused-ring (bicyclic) bond motifs is 1. The lowest BCUT2D eigenvalue weighted by molar-refractivity contribution is -0.120. The van der Waals surface area contributed by atoms with E-state index in [0.29, 0.717) is 12.1 Å². The van der Waals surface area contributed by atoms with Gasteiger partial charge in [-0.25, -0.2) is 8.42 Å². The van der Waals surface area contributed by atoms with Crippen LogP contribution in [-0.2, 0) is 27.8 Å². The minimum atomic E-state index is -3.85. The summed E-state index contributed by atoms with van der Waals surface area (Å²) in [5, 5.41) is 2.94. The summed E-state index contributed by atoms with van der Waals surface area (Å²) in [6.45, 7) is 6.01. The molecule has 1 atom stereocenters. The van der Waals surface area contributed by atoms with Gasteiger partial charge in [0.1, 0.15) is 6.04 Å². The Morgan fingerprint density at radius 2 is 1.48 bits per heavy atom. The van der Waals surface area contributed by atoms with E-state index in [1.807, 2.05) is 63.2 Å². The van der Waals surface area contributed by atoms with Crippen molar-refractivity contribution in [3.05, 3.63) is 94.5 Å². The largest absolute Gasteiger partial charge is 0.325 e. The molecule has 31 heavy (non-hydrogen) atoms. The molecule has 1 amide bonds. The number of hydrogen-bond donors (Lipinski definition) is 1. The van der Waals surface area contributed by atoms with Crippen LogP contribution < -0.4 is 5.32 Å². The highest BCUT2D eigenvalue weighted by Gasteiger charge is 2.39. The van der Waals surface area contributed by atoms with Gasteiger partial charge < -0.3 is 5.32 Å². The number of hydrogen-bond acceptors (Lipinski definition) is 3. The van der Waals surface area contributed by atoms with E-state index in [9.17, 15) is 13.2 Å². The molecule has 0 fully saturated rings. The molecule has 0 bridgehead atoms. The molecule has 0 saturated heterocycles. The summed E-state index contributed by atoms with van der Waals surface area (Å²) in [7, 11) is -3.85. The van der Waals surface area contributed by atoms with E-state index in [4.69, 9.17) is 0 Å². The maximum Gasteiger partial charge on any atom is 0.244 e. The van der Waals surface area contributed by atoms with E-state index in [0.717, 1.165) is 27.8 Å². The highest BCUT2D eigenvalue weighted by molar-refractivity contribution is 7.89. The molecule has 0 saturated carbocycles. The number of amides is 1. The second-order valence-corrected chi connectivity index (χ2v) is 10.1. The van der Waals surface area contributed by atoms with Gasteiger partial charge in [0.25, 0.3) is 0 Å². The van der Waals surface area contributed by atoms with Crippen molar-refractivity contribution in [2.75, 3.05) is 5.32 Å². The summed E-state index contributed by atoms with van der Waals surface area (Å²) in [5.74, 6) is -0.324. The van der Waals surface area contributed by atoms with Crippen LogP contribution in [-0.4, -0.2) is 24.7 Å². The maximum atomic E-state index is 13.5. The van der Waals surface area contributed by atoms with E-state index in [2.05, 4.69) is 5.32 Å². The lowest BCUT2D eigenvalue weighted by atomic mass is 9.95. The highest BCUT2D eigenvalue weighted by Crippen LogP contribution is 2.30. The standard InChI is InChI=1S/C25H26N2O3S/c1-17-8-10-23(11-9-17)31(29,30)27-16-21-7-5-4-6-20(21)15-24(27)25(28)26-22-13-18(2)12-19(3)14-22/h4-14,24H,15-16H2,1-3H3,(H,26,28)/t24-/m0/s1. The summed E-state index contributed by atoms with van der Waals surface area (Å²) in [6.07, 6.45) is 0.331. The molecule has 1 aliphatic rings. The normalized spacial score (nSPS) is 16.5. The Balaban J connectivity index is 1.72. The van der Waals surface area contributed by atoms with Crippen LogP contribution in [0.1, 0.15) is 27.8 Å². The van der Waals surface area contributed by atoms with Gasteiger partial charge in [-0.1, -0.05) is 48.0 Å². The molecule has 0 spiro atoms. The monoisotopic (exact) mass is 434 g/mol. The SMILES string of the molecule is Cc1ccc(S(=O)(=O)N2Cc3ccccc3C[C@H]2C(=O)Nc2cc(C)cc(C)c2)cc1. The molecule has 0 aliphatic carbocycles. The van der Waals surface area contributed by atoms with Crippen molar-refractivity contribution < 1.29 is 13.2 Å². The number of carbonyl (C=O) groups excluding carboxylic acids is 1. The summed E-state index contributed by atoms with van der Waals surface area (Å²) in [4.78, 5) is 13.5. The van der Waals surface area contributed by atoms with Gasteiger partial charge in [-0.3, -0.25) is 4.79 Å². The Morgan fingerprint density at radius 3 is 2.13 bits per heavy atom. The fourth-order valence-electron chi connectivity index (χ4n) is 4.09. The quantitative estimate of drug-likeness (QED) is 0.663. The third-order valence-corrected chi connectivity index (χ3v) is 7.49. The molecule has 6 heteroatoms. The number of anilines is 1. The number of sulfonamides is 1. The summed E-state index contributed by atoms with van der Waals surface area (Å²) in [5.41, 5.74) is 5.65. The Kier molecular flexibility index (Phi) is 5.69. The van der Waals surface area contributed by atoms with Crippen molar-refractivity contribution in [2.24, 2.45) is 0 Å². The van der Waals surface area contributed by atoms with Gasteiger partial charge in [0.2, 0.25) is 15.9 Å². The average molecular weight is 435 g/mol. The number of carbonyl (C=O) groups is 1. The van der Waals surface area contributed by atoms with Gasteiger partial charge >= 0.3 is 0 Å². The molecule has 1 N–H and O–H groups in total. The first-order chi connectivity index (χ1) is 14.7. The van der Waals surface area contributed by atoms with Gasteiger partial charge in [-0.15, -0.1) is 0 Å². The summed E-state index contributed by atoms with van der Waals surface area (Å²) in [6, 6.07) is 19.4. The first-order valence-corrected chi connectivity index (χ1v) is 11.7. The Bertz CT molecular complexity index is 1210. The third-order valence-electron chi connectivity index (χ3n) is 5.62. The Hall–Kier alpha value is -2.96. The molecule has 3 aromatic carbocycles. The zero-order chi connectivity index (χ0) is 22.2. The van der Waals surface area contributed by atoms with Crippen molar-refractivity contribution in [3.63, 3.8) is 0 Å². The lowest BCUT2D eigenvalue weighted by Crippen LogP contribution is -2.50. The van der Waals surface area contributed by atoms with Crippen molar-refractivity contribution in [1.82, 2.24) is 4.31 Å². The maximum absolute atomic E-state index is 13.5. The second kappa shape index (κ2) is 8.29. The minimum Gasteiger partial charge on any atom is -0.325 e. The fraction of sp³-hybridized carbons (Fsp3) is 0.240. The molecular weight excluding hydrogens is 408 g/mol. The Labute approximate surface area is 183 Å². The number of nitrogens with one attached hydrogen (secondary N) is 1. The van der Waals surface area contributed by atoms with E-state index < -0.39 is 16.1 Å². The lowest BCUT2D eigenvalue weighted by Gasteiger charge is -2.35. The van der Waals surface area contributed by atoms with Crippen molar-refractivity contribution in [3.8, 4) is 0 Å². The summed E-state index contributed by atoms with van der Waals surface area (Å²) < 4.78 is 28.4. The van der Waals surface area contributed by atoms with Gasteiger partial charge in [-0.05, 0) is 73.7 Å². The van der Waals surface area contributed by atoms with Crippen molar-refractivity contribution in [2.45, 2.75) is 44.7 Å². The van der Waals surface area contributed by atoms with Crippen LogP contribution in [0.4, 0.5) is 5.69 Å². The summed E-state index contributed by atoms with van der Waals surface area (Å²) >= 11 is 0. The average Bonchev–Trinajstić information content (AvgIpc) is 2.72. The minimum absolute atomic E-state index is 0.164. The van der Waals surface area contributed by atoms with E-state index in [1.165, 1.54) is 4.31 Å². The predicted molar refractivity (Wildman–Crippen MR) is 122 cm³/mol. The van der Waals surface area contributed by atoms with Crippen LogP contribution >= 0.6 is 0 Å². The first kappa shape index (κ1) is 21.3. The smallest absolute Gasteiger partial charge is 0.244 e. The van der Waals surface area contributed by atoms with Crippen LogP contribution in [0, 0.1) is 20.8 Å². The van der Waals surface area contributed by atoms with Gasteiger partial charge in [0.05, 0.1) is 4.90 Å². The number of nitrogens with zero attached hydrogens (tertiary/aromatic N) is 1. The molecule has 3 aromatic rings.